The fraction of sp³-hybridized carbons (Fsp3) is 0.690. The zero-order chi connectivity index (χ0) is 27.3. The molecule has 3 aliphatic rings. The molecule has 37 heavy (non-hydrogen) atoms. The molecule has 3 unspecified atom stereocenters. The maximum Gasteiger partial charge on any atom is 0.246 e. The number of rotatable bonds is 8. The lowest BCUT2D eigenvalue weighted by atomic mass is 9.62. The Balaban J connectivity index is 1.74. The van der Waals surface area contributed by atoms with E-state index in [1.807, 2.05) is 78.8 Å². The van der Waals surface area contributed by atoms with E-state index in [0.717, 1.165) is 5.56 Å². The summed E-state index contributed by atoms with van der Waals surface area (Å²) in [5.74, 6) is -2.17. The van der Waals surface area contributed by atoms with Crippen molar-refractivity contribution in [3.8, 4) is 0 Å². The van der Waals surface area contributed by atoms with Gasteiger partial charge in [0.25, 0.3) is 0 Å². The molecule has 0 aromatic heterocycles. The molecule has 204 valence electrons. The van der Waals surface area contributed by atoms with Gasteiger partial charge in [0.1, 0.15) is 11.6 Å². The summed E-state index contributed by atoms with van der Waals surface area (Å²) < 4.78 is 6.75. The molecular weight excluding hydrogens is 470 g/mol. The topological polar surface area (TPSA) is 108 Å². The number of amides is 3. The van der Waals surface area contributed by atoms with E-state index in [2.05, 4.69) is 10.6 Å². The summed E-state index contributed by atoms with van der Waals surface area (Å²) >= 11 is 0. The van der Waals surface area contributed by atoms with Gasteiger partial charge >= 0.3 is 0 Å². The van der Waals surface area contributed by atoms with Gasteiger partial charge in [-0.15, -0.1) is 0 Å². The van der Waals surface area contributed by atoms with Gasteiger partial charge in [0.2, 0.25) is 17.7 Å². The molecule has 3 N–H and O–H groups in total. The lowest BCUT2D eigenvalue weighted by molar-refractivity contribution is -0.151. The zero-order valence-electron chi connectivity index (χ0n) is 23.2. The Bertz CT molecular complexity index is 1040. The Kier molecular flexibility index (Phi) is 7.23. The third-order valence-electron chi connectivity index (χ3n) is 8.44. The van der Waals surface area contributed by atoms with Crippen LogP contribution in [0.5, 0.6) is 0 Å². The van der Waals surface area contributed by atoms with Crippen LogP contribution in [0.4, 0.5) is 0 Å². The lowest BCUT2D eigenvalue weighted by Gasteiger charge is -2.39. The van der Waals surface area contributed by atoms with Crippen LogP contribution >= 0.6 is 0 Å². The van der Waals surface area contributed by atoms with Gasteiger partial charge in [-0.1, -0.05) is 51.1 Å². The van der Waals surface area contributed by atoms with Crippen LogP contribution in [0.2, 0.25) is 0 Å². The summed E-state index contributed by atoms with van der Waals surface area (Å²) in [6, 6.07) is 8.18. The summed E-state index contributed by atoms with van der Waals surface area (Å²) in [5.41, 5.74) is -1.56. The fourth-order valence-electron chi connectivity index (χ4n) is 6.92. The largest absolute Gasteiger partial charge is 0.394 e. The number of ether oxygens (including phenoxy) is 1. The van der Waals surface area contributed by atoms with E-state index in [9.17, 15) is 19.5 Å². The first-order valence-corrected chi connectivity index (χ1v) is 13.5. The van der Waals surface area contributed by atoms with Crippen molar-refractivity contribution in [3.05, 3.63) is 35.9 Å². The molecule has 3 saturated heterocycles. The molecule has 1 spiro atoms. The maximum atomic E-state index is 14.2. The SMILES string of the molecule is CC(C)C[C@H](CO)N1C(=O)[C@@H]2[C@H](C(=O)NCc3ccccc3)[C@@]3(C)OC2(CC3C)C1C(=O)NC(C)(C)C. The van der Waals surface area contributed by atoms with Crippen molar-refractivity contribution in [3.63, 3.8) is 0 Å². The Hall–Kier alpha value is -2.45. The van der Waals surface area contributed by atoms with E-state index in [1.54, 1.807) is 4.90 Å². The molecule has 0 aliphatic carbocycles. The molecule has 0 radical (unpaired) electrons. The van der Waals surface area contributed by atoms with Crippen molar-refractivity contribution in [1.29, 1.82) is 0 Å². The smallest absolute Gasteiger partial charge is 0.246 e. The predicted octanol–water partition coefficient (Wildman–Crippen LogP) is 2.64. The van der Waals surface area contributed by atoms with Crippen molar-refractivity contribution in [2.24, 2.45) is 23.7 Å². The number of aliphatic hydroxyl groups is 1. The molecule has 1 aromatic rings. The lowest BCUT2D eigenvalue weighted by Crippen LogP contribution is -2.60. The van der Waals surface area contributed by atoms with E-state index >= 15 is 0 Å². The third-order valence-corrected chi connectivity index (χ3v) is 8.44. The number of nitrogens with zero attached hydrogens (tertiary/aromatic N) is 1. The average Bonchev–Trinajstić information content (AvgIpc) is 3.32. The first kappa shape index (κ1) is 27.6. The fourth-order valence-corrected chi connectivity index (χ4v) is 6.92. The number of nitrogens with one attached hydrogen (secondary N) is 2. The number of fused-ring (bicyclic) bond motifs is 1. The summed E-state index contributed by atoms with van der Waals surface area (Å²) in [6.45, 7) is 13.8. The number of benzene rings is 1. The average molecular weight is 514 g/mol. The zero-order valence-corrected chi connectivity index (χ0v) is 23.2. The third kappa shape index (κ3) is 4.67. The molecule has 8 nitrogen and oxygen atoms in total. The van der Waals surface area contributed by atoms with Gasteiger partial charge in [-0.3, -0.25) is 14.4 Å². The Labute approximate surface area is 220 Å². The van der Waals surface area contributed by atoms with Crippen LogP contribution in [-0.2, 0) is 25.7 Å². The van der Waals surface area contributed by atoms with Gasteiger partial charge in [0.05, 0.1) is 30.1 Å². The molecule has 8 heteroatoms. The number of carbonyl (C=O) groups excluding carboxylic acids is 3. The second-order valence-electron chi connectivity index (χ2n) is 12.9. The van der Waals surface area contributed by atoms with Gasteiger partial charge in [-0.05, 0) is 57.9 Å². The van der Waals surface area contributed by atoms with Crippen LogP contribution in [0, 0.1) is 23.7 Å². The summed E-state index contributed by atoms with van der Waals surface area (Å²) in [5, 5.41) is 16.4. The van der Waals surface area contributed by atoms with Crippen LogP contribution in [-0.4, -0.2) is 63.2 Å². The predicted molar refractivity (Wildman–Crippen MR) is 140 cm³/mol. The van der Waals surface area contributed by atoms with Crippen molar-refractivity contribution in [1.82, 2.24) is 15.5 Å². The standard InChI is InChI=1S/C29H43N3O5/c1-17(2)13-20(16-33)32-23(25(35)31-27(4,5)6)29-14-18(3)28(7,37-29)21(22(29)26(32)36)24(34)30-15-19-11-9-8-10-12-19/h8-12,17-18,20-23,33H,13-16H2,1-7H3,(H,30,34)(H,31,35)/t18?,20-,21-,22+,23?,28+,29?/m1/s1. The van der Waals surface area contributed by atoms with E-state index in [-0.39, 0.29) is 36.2 Å². The number of carbonyl (C=O) groups is 3. The van der Waals surface area contributed by atoms with Gasteiger partial charge < -0.3 is 25.4 Å². The normalized spacial score (nSPS) is 33.5. The minimum Gasteiger partial charge on any atom is -0.394 e. The van der Waals surface area contributed by atoms with Crippen molar-refractivity contribution in [2.45, 2.75) is 96.7 Å². The number of likely N-dealkylation sites (tertiary alicyclic amines) is 1. The Morgan fingerprint density at radius 2 is 1.84 bits per heavy atom. The van der Waals surface area contributed by atoms with Crippen LogP contribution < -0.4 is 10.6 Å². The van der Waals surface area contributed by atoms with E-state index in [0.29, 0.717) is 19.4 Å². The molecule has 1 aromatic carbocycles. The highest BCUT2D eigenvalue weighted by atomic mass is 16.5. The first-order chi connectivity index (χ1) is 17.2. The van der Waals surface area contributed by atoms with Crippen molar-refractivity contribution >= 4 is 17.7 Å². The number of hydrogen-bond donors (Lipinski definition) is 3. The van der Waals surface area contributed by atoms with Gasteiger partial charge in [0, 0.05) is 12.1 Å². The summed E-state index contributed by atoms with van der Waals surface area (Å²) in [4.78, 5) is 43.4. The van der Waals surface area contributed by atoms with E-state index < -0.39 is 40.7 Å². The van der Waals surface area contributed by atoms with E-state index in [4.69, 9.17) is 4.74 Å². The van der Waals surface area contributed by atoms with Crippen molar-refractivity contribution in [2.75, 3.05) is 6.61 Å². The van der Waals surface area contributed by atoms with Gasteiger partial charge in [0.15, 0.2) is 0 Å². The summed E-state index contributed by atoms with van der Waals surface area (Å²) in [6.07, 6.45) is 1.04. The molecule has 7 atom stereocenters. The number of aliphatic hydroxyl groups excluding tert-OH is 1. The highest BCUT2D eigenvalue weighted by Crippen LogP contribution is 2.65. The highest BCUT2D eigenvalue weighted by molar-refractivity contribution is 5.99. The van der Waals surface area contributed by atoms with Gasteiger partial charge in [-0.2, -0.15) is 0 Å². The second kappa shape index (κ2) is 9.70. The van der Waals surface area contributed by atoms with Crippen LogP contribution in [0.15, 0.2) is 30.3 Å². The highest BCUT2D eigenvalue weighted by Gasteiger charge is 2.80. The van der Waals surface area contributed by atoms with Crippen LogP contribution in [0.1, 0.15) is 66.9 Å². The minimum atomic E-state index is -1.13. The van der Waals surface area contributed by atoms with Crippen molar-refractivity contribution < 1.29 is 24.2 Å². The molecule has 3 fully saturated rings. The molecule has 3 aliphatic heterocycles. The maximum absolute atomic E-state index is 14.2. The molecule has 2 bridgehead atoms. The molecule has 4 rings (SSSR count). The minimum absolute atomic E-state index is 0.0356. The summed E-state index contributed by atoms with van der Waals surface area (Å²) in [7, 11) is 0. The molecule has 0 saturated carbocycles. The van der Waals surface area contributed by atoms with Crippen LogP contribution in [0.25, 0.3) is 0 Å². The Morgan fingerprint density at radius 1 is 1.19 bits per heavy atom. The molecule has 3 amide bonds. The molecule has 3 heterocycles. The van der Waals surface area contributed by atoms with E-state index in [1.165, 1.54) is 0 Å². The van der Waals surface area contributed by atoms with Crippen LogP contribution in [0.3, 0.4) is 0 Å². The monoisotopic (exact) mass is 513 g/mol. The second-order valence-corrected chi connectivity index (χ2v) is 12.9. The quantitative estimate of drug-likeness (QED) is 0.495. The number of hydrogen-bond acceptors (Lipinski definition) is 5. The molecular formula is C29H43N3O5. The Morgan fingerprint density at radius 3 is 2.41 bits per heavy atom. The first-order valence-electron chi connectivity index (χ1n) is 13.5. The van der Waals surface area contributed by atoms with Gasteiger partial charge in [-0.25, -0.2) is 0 Å².